The average molecular weight is 536 g/mol. The zero-order chi connectivity index (χ0) is 27.1. The van der Waals surface area contributed by atoms with E-state index in [1.54, 1.807) is 21.9 Å². The van der Waals surface area contributed by atoms with E-state index in [9.17, 15) is 0 Å². The molecular weight excluding hydrogens is 506 g/mol. The fraction of sp³-hybridized carbons (Fsp3) is 0.211. The molecule has 6 heterocycles. The molecule has 5 aromatic carbocycles. The number of para-hydroxylation sites is 2. The second kappa shape index (κ2) is 7.81. The van der Waals surface area contributed by atoms with Crippen LogP contribution < -0.4 is 42.6 Å². The third-order valence-corrected chi connectivity index (χ3v) is 11.4. The SMILES string of the molecule is c1cc2c3c(c1)B1c4cc5c(cc4Cc4cccc(c41)N3CCC2)Cc1cccc2c1B5c1cccc3c1N2CCC3. The standard InChI is InChI=1S/C38H30B2N2/c1-7-23-11-5-17-41-33-15-3-9-25-19-27-21-28-20-26-10-4-16-34-36(26)40(30-14-2-8-24-12-6-18-42(34)38(24)30)32(28)22-31(27)39(35(25)33)29(13-1)37(23)41/h1-4,7-10,13-16,21-22H,5-6,11-12,17-20H2. The fourth-order valence-electron chi connectivity index (χ4n) is 9.90. The summed E-state index contributed by atoms with van der Waals surface area (Å²) in [7, 11) is 0. The molecule has 2 nitrogen and oxygen atoms in total. The third kappa shape index (κ3) is 2.66. The van der Waals surface area contributed by atoms with E-state index >= 15 is 0 Å². The van der Waals surface area contributed by atoms with Crippen LogP contribution in [0.2, 0.25) is 0 Å². The Hall–Kier alpha value is -4.17. The average Bonchev–Trinajstić information content (AvgIpc) is 3.03. The van der Waals surface area contributed by atoms with Gasteiger partial charge >= 0.3 is 0 Å². The zero-order valence-corrected chi connectivity index (χ0v) is 23.8. The van der Waals surface area contributed by atoms with E-state index in [0.717, 1.165) is 25.9 Å². The molecule has 6 aliphatic heterocycles. The monoisotopic (exact) mass is 536 g/mol. The van der Waals surface area contributed by atoms with Crippen LogP contribution in [0.25, 0.3) is 0 Å². The normalized spacial score (nSPS) is 17.5. The summed E-state index contributed by atoms with van der Waals surface area (Å²) < 4.78 is 0. The van der Waals surface area contributed by atoms with Gasteiger partial charge in [-0.2, -0.15) is 0 Å². The maximum Gasteiger partial charge on any atom is 0.247 e. The first-order valence-electron chi connectivity index (χ1n) is 16.0. The lowest BCUT2D eigenvalue weighted by molar-refractivity contribution is 0.768. The maximum absolute atomic E-state index is 2.69. The number of aryl methyl sites for hydroxylation is 2. The predicted octanol–water partition coefficient (Wildman–Crippen LogP) is 3.32. The van der Waals surface area contributed by atoms with Crippen molar-refractivity contribution in [2.75, 3.05) is 22.9 Å². The van der Waals surface area contributed by atoms with Crippen LogP contribution in [-0.4, -0.2) is 26.5 Å². The highest BCUT2D eigenvalue weighted by atomic mass is 15.2. The Morgan fingerprint density at radius 2 is 0.929 bits per heavy atom. The molecule has 6 aliphatic rings. The van der Waals surface area contributed by atoms with Crippen LogP contribution in [0, 0.1) is 0 Å². The Bertz CT molecular complexity index is 1900. The minimum absolute atomic E-state index is 0.316. The fourth-order valence-corrected chi connectivity index (χ4v) is 9.90. The number of hydrogen-bond acceptors (Lipinski definition) is 2. The molecular formula is C38H30B2N2. The molecule has 42 heavy (non-hydrogen) atoms. The summed E-state index contributed by atoms with van der Waals surface area (Å²) in [5.74, 6) is 0. The van der Waals surface area contributed by atoms with Gasteiger partial charge in [-0.3, -0.25) is 0 Å². The minimum Gasteiger partial charge on any atom is -0.342 e. The van der Waals surface area contributed by atoms with Gasteiger partial charge in [0.25, 0.3) is 0 Å². The van der Waals surface area contributed by atoms with Gasteiger partial charge in [-0.15, -0.1) is 0 Å². The van der Waals surface area contributed by atoms with Gasteiger partial charge in [0.15, 0.2) is 0 Å². The summed E-state index contributed by atoms with van der Waals surface area (Å²) in [5.41, 5.74) is 24.4. The van der Waals surface area contributed by atoms with E-state index in [0.29, 0.717) is 13.4 Å². The first-order valence-corrected chi connectivity index (χ1v) is 16.0. The number of benzene rings is 5. The van der Waals surface area contributed by atoms with Crippen molar-refractivity contribution < 1.29 is 0 Å². The zero-order valence-electron chi connectivity index (χ0n) is 23.8. The Labute approximate surface area is 248 Å². The van der Waals surface area contributed by atoms with E-state index < -0.39 is 0 Å². The molecule has 0 fully saturated rings. The van der Waals surface area contributed by atoms with Crippen LogP contribution in [0.5, 0.6) is 0 Å². The van der Waals surface area contributed by atoms with E-state index in [2.05, 4.69) is 94.7 Å². The topological polar surface area (TPSA) is 6.48 Å². The molecule has 11 rings (SSSR count). The summed E-state index contributed by atoms with van der Waals surface area (Å²) >= 11 is 0. The summed E-state index contributed by atoms with van der Waals surface area (Å²) in [6, 6.07) is 33.8. The molecule has 0 radical (unpaired) electrons. The van der Waals surface area contributed by atoms with E-state index in [1.165, 1.54) is 92.7 Å². The lowest BCUT2D eigenvalue weighted by Gasteiger charge is -2.45. The number of fused-ring (bicyclic) bond motifs is 8. The number of hydrogen-bond donors (Lipinski definition) is 0. The van der Waals surface area contributed by atoms with Crippen LogP contribution in [0.1, 0.15) is 46.2 Å². The van der Waals surface area contributed by atoms with Crippen molar-refractivity contribution in [2.24, 2.45) is 0 Å². The quantitative estimate of drug-likeness (QED) is 0.275. The van der Waals surface area contributed by atoms with Gasteiger partial charge in [-0.05, 0) is 106 Å². The molecule has 0 aliphatic carbocycles. The summed E-state index contributed by atoms with van der Waals surface area (Å²) in [5, 5.41) is 0. The molecule has 0 amide bonds. The van der Waals surface area contributed by atoms with Gasteiger partial charge in [-0.25, -0.2) is 0 Å². The summed E-state index contributed by atoms with van der Waals surface area (Å²) in [4.78, 5) is 5.31. The number of rotatable bonds is 0. The summed E-state index contributed by atoms with van der Waals surface area (Å²) in [6.45, 7) is 2.88. The minimum atomic E-state index is 0.316. The van der Waals surface area contributed by atoms with Crippen molar-refractivity contribution in [1.29, 1.82) is 0 Å². The Balaban J connectivity index is 1.19. The van der Waals surface area contributed by atoms with Crippen LogP contribution in [-0.2, 0) is 25.7 Å². The third-order valence-electron chi connectivity index (χ3n) is 11.4. The van der Waals surface area contributed by atoms with E-state index in [1.807, 2.05) is 0 Å². The predicted molar refractivity (Wildman–Crippen MR) is 178 cm³/mol. The first kappa shape index (κ1) is 22.4. The highest BCUT2D eigenvalue weighted by molar-refractivity contribution is 7.01. The lowest BCUT2D eigenvalue weighted by atomic mass is 9.28. The first-order chi connectivity index (χ1) is 20.8. The van der Waals surface area contributed by atoms with Gasteiger partial charge in [0.2, 0.25) is 13.4 Å². The van der Waals surface area contributed by atoms with Gasteiger partial charge in [0.1, 0.15) is 0 Å². The number of nitrogens with zero attached hydrogens (tertiary/aromatic N) is 2. The molecule has 4 heteroatoms. The molecule has 0 saturated carbocycles. The highest BCUT2D eigenvalue weighted by Crippen LogP contribution is 2.39. The van der Waals surface area contributed by atoms with Crippen LogP contribution in [0.3, 0.4) is 0 Å². The summed E-state index contributed by atoms with van der Waals surface area (Å²) in [6.07, 6.45) is 6.92. The highest BCUT2D eigenvalue weighted by Gasteiger charge is 2.45. The Morgan fingerprint density at radius 3 is 1.45 bits per heavy atom. The van der Waals surface area contributed by atoms with Crippen molar-refractivity contribution in [3.63, 3.8) is 0 Å². The second-order valence-corrected chi connectivity index (χ2v) is 13.4. The molecule has 0 unspecified atom stereocenters. The Morgan fingerprint density at radius 1 is 0.452 bits per heavy atom. The molecule has 0 aromatic heterocycles. The van der Waals surface area contributed by atoms with Gasteiger partial charge in [0.05, 0.1) is 0 Å². The Kier molecular flexibility index (Phi) is 4.17. The molecule has 5 aromatic rings. The van der Waals surface area contributed by atoms with Crippen molar-refractivity contribution in [3.8, 4) is 0 Å². The molecule has 0 spiro atoms. The van der Waals surface area contributed by atoms with Crippen molar-refractivity contribution in [2.45, 2.75) is 38.5 Å². The van der Waals surface area contributed by atoms with E-state index in [4.69, 9.17) is 0 Å². The van der Waals surface area contributed by atoms with Crippen LogP contribution in [0.4, 0.5) is 22.7 Å². The molecule has 198 valence electrons. The van der Waals surface area contributed by atoms with Crippen LogP contribution in [0.15, 0.2) is 84.9 Å². The molecule has 0 N–H and O–H groups in total. The smallest absolute Gasteiger partial charge is 0.247 e. The van der Waals surface area contributed by atoms with Crippen LogP contribution >= 0.6 is 0 Å². The maximum atomic E-state index is 2.69. The molecule has 0 saturated heterocycles. The van der Waals surface area contributed by atoms with Crippen molar-refractivity contribution in [1.82, 2.24) is 0 Å². The van der Waals surface area contributed by atoms with Gasteiger partial charge in [-0.1, -0.05) is 83.7 Å². The van der Waals surface area contributed by atoms with Gasteiger partial charge < -0.3 is 9.80 Å². The lowest BCUT2D eigenvalue weighted by Crippen LogP contribution is -2.66. The number of anilines is 4. The van der Waals surface area contributed by atoms with E-state index in [-0.39, 0.29) is 0 Å². The molecule has 0 bridgehead atoms. The van der Waals surface area contributed by atoms with Crippen molar-refractivity contribution in [3.05, 3.63) is 118 Å². The van der Waals surface area contributed by atoms with Gasteiger partial charge in [0, 0.05) is 35.8 Å². The molecule has 0 atom stereocenters. The second-order valence-electron chi connectivity index (χ2n) is 13.4. The van der Waals surface area contributed by atoms with Crippen molar-refractivity contribution >= 4 is 69.0 Å². The largest absolute Gasteiger partial charge is 0.342 e.